The van der Waals surface area contributed by atoms with Crippen LogP contribution in [0.4, 0.5) is 4.79 Å². The van der Waals surface area contributed by atoms with E-state index in [1.807, 2.05) is 4.90 Å². The van der Waals surface area contributed by atoms with E-state index in [-0.39, 0.29) is 25.0 Å². The summed E-state index contributed by atoms with van der Waals surface area (Å²) in [5, 5.41) is 11.7. The molecule has 1 saturated heterocycles. The molecule has 1 aliphatic rings. The number of aromatic amines is 1. The fourth-order valence-electron chi connectivity index (χ4n) is 3.26. The average Bonchev–Trinajstić information content (AvgIpc) is 2.95. The Morgan fingerprint density at radius 3 is 2.64 bits per heavy atom. The molecular weight excluding hydrogens is 368 g/mol. The molecule has 28 heavy (non-hydrogen) atoms. The van der Waals surface area contributed by atoms with Crippen LogP contribution in [-0.4, -0.2) is 62.9 Å². The molecule has 0 aliphatic carbocycles. The Morgan fingerprint density at radius 1 is 1.36 bits per heavy atom. The number of H-pyrrole nitrogens is 1. The second-order valence-corrected chi connectivity index (χ2v) is 8.04. The van der Waals surface area contributed by atoms with Crippen molar-refractivity contribution >= 4 is 12.1 Å². The summed E-state index contributed by atoms with van der Waals surface area (Å²) >= 11 is 0. The lowest BCUT2D eigenvalue weighted by Crippen LogP contribution is -2.42. The van der Waals surface area contributed by atoms with Crippen LogP contribution >= 0.6 is 0 Å². The Hall–Kier alpha value is -2.62. The predicted octanol–water partition coefficient (Wildman–Crippen LogP) is 0.460. The molecule has 2 atom stereocenters. The van der Waals surface area contributed by atoms with Gasteiger partial charge in [0.05, 0.1) is 12.5 Å². The lowest BCUT2D eigenvalue weighted by Gasteiger charge is -2.25. The van der Waals surface area contributed by atoms with Gasteiger partial charge in [0.1, 0.15) is 5.60 Å². The van der Waals surface area contributed by atoms with Crippen molar-refractivity contribution in [2.45, 2.75) is 58.2 Å². The van der Waals surface area contributed by atoms with Crippen LogP contribution in [0.1, 0.15) is 45.2 Å². The van der Waals surface area contributed by atoms with Gasteiger partial charge >= 0.3 is 17.8 Å². The summed E-state index contributed by atoms with van der Waals surface area (Å²) in [7, 11) is 0. The molecule has 0 radical (unpaired) electrons. The summed E-state index contributed by atoms with van der Waals surface area (Å²) in [6.45, 7) is 7.92. The fraction of sp³-hybridized carbons (Fsp3) is 0.667. The van der Waals surface area contributed by atoms with Crippen molar-refractivity contribution in [2.75, 3.05) is 19.6 Å². The Morgan fingerprint density at radius 2 is 2.04 bits per heavy atom. The van der Waals surface area contributed by atoms with E-state index >= 15 is 0 Å². The first-order valence-electron chi connectivity index (χ1n) is 9.21. The van der Waals surface area contributed by atoms with Gasteiger partial charge in [-0.05, 0) is 34.1 Å². The molecule has 1 aromatic heterocycles. The smallest absolute Gasteiger partial charge is 0.407 e. The highest BCUT2D eigenvalue weighted by atomic mass is 16.6. The Balaban J connectivity index is 2.12. The molecule has 3 N–H and O–H groups in total. The average molecular weight is 396 g/mol. The summed E-state index contributed by atoms with van der Waals surface area (Å²) in [4.78, 5) is 50.9. The summed E-state index contributed by atoms with van der Waals surface area (Å²) in [5.41, 5.74) is -1.12. The predicted molar refractivity (Wildman–Crippen MR) is 102 cm³/mol. The van der Waals surface area contributed by atoms with E-state index in [0.29, 0.717) is 25.1 Å². The third-order valence-electron chi connectivity index (χ3n) is 4.54. The van der Waals surface area contributed by atoms with Crippen LogP contribution in [0.15, 0.2) is 15.8 Å². The number of amides is 1. The monoisotopic (exact) mass is 396 g/mol. The first-order valence-corrected chi connectivity index (χ1v) is 9.21. The standard InChI is InChI=1S/C18H28N4O6/c1-11-9-22(16(26)20-15(11)25)13-7-12(21(10-13)6-5-14(23)24)8-19-17(27)28-18(2,3)4/h9,12-13H,5-8,10H2,1-4H3,(H,19,27)(H,23,24)(H,20,25,26)/t12-,13-/m1/s1. The van der Waals surface area contributed by atoms with E-state index in [9.17, 15) is 19.2 Å². The van der Waals surface area contributed by atoms with E-state index in [1.165, 1.54) is 10.8 Å². The van der Waals surface area contributed by atoms with Gasteiger partial charge in [0.15, 0.2) is 0 Å². The number of aromatic nitrogens is 2. The highest BCUT2D eigenvalue weighted by Crippen LogP contribution is 2.26. The van der Waals surface area contributed by atoms with Gasteiger partial charge in [-0.2, -0.15) is 0 Å². The summed E-state index contributed by atoms with van der Waals surface area (Å²) in [6, 6.07) is -0.390. The zero-order valence-corrected chi connectivity index (χ0v) is 16.7. The van der Waals surface area contributed by atoms with Crippen molar-refractivity contribution in [1.82, 2.24) is 19.8 Å². The number of likely N-dealkylation sites (tertiary alicyclic amines) is 1. The molecule has 156 valence electrons. The fourth-order valence-corrected chi connectivity index (χ4v) is 3.26. The van der Waals surface area contributed by atoms with Gasteiger partial charge < -0.3 is 15.2 Å². The highest BCUT2D eigenvalue weighted by molar-refractivity contribution is 5.67. The number of aliphatic carboxylic acids is 1. The third-order valence-corrected chi connectivity index (χ3v) is 4.54. The summed E-state index contributed by atoms with van der Waals surface area (Å²) in [5.74, 6) is -0.917. The zero-order chi connectivity index (χ0) is 21.1. The van der Waals surface area contributed by atoms with E-state index in [1.54, 1.807) is 27.7 Å². The molecule has 0 unspecified atom stereocenters. The van der Waals surface area contributed by atoms with Gasteiger partial charge in [-0.1, -0.05) is 0 Å². The molecule has 2 heterocycles. The van der Waals surface area contributed by atoms with Crippen LogP contribution in [0.5, 0.6) is 0 Å². The van der Waals surface area contributed by atoms with Crippen LogP contribution < -0.4 is 16.6 Å². The largest absolute Gasteiger partial charge is 0.481 e. The molecule has 0 saturated carbocycles. The molecular formula is C18H28N4O6. The van der Waals surface area contributed by atoms with Crippen LogP contribution in [-0.2, 0) is 9.53 Å². The second kappa shape index (κ2) is 8.59. The van der Waals surface area contributed by atoms with Gasteiger partial charge in [-0.25, -0.2) is 9.59 Å². The van der Waals surface area contributed by atoms with E-state index in [4.69, 9.17) is 9.84 Å². The SMILES string of the molecule is Cc1cn([C@@H]2C[C@H](CNC(=O)OC(C)(C)C)N(CCC(=O)O)C2)c(=O)[nH]c1=O. The number of carboxylic acid groups (broad SMARTS) is 1. The van der Waals surface area contributed by atoms with Gasteiger partial charge in [-0.3, -0.25) is 24.0 Å². The lowest BCUT2D eigenvalue weighted by atomic mass is 10.1. The Kier molecular flexibility index (Phi) is 6.65. The maximum atomic E-state index is 12.2. The number of nitrogens with zero attached hydrogens (tertiary/aromatic N) is 2. The van der Waals surface area contributed by atoms with Crippen LogP contribution in [0, 0.1) is 6.92 Å². The molecule has 1 fully saturated rings. The number of hydrogen-bond donors (Lipinski definition) is 3. The van der Waals surface area contributed by atoms with Crippen molar-refractivity contribution in [3.8, 4) is 0 Å². The Bertz CT molecular complexity index is 838. The van der Waals surface area contributed by atoms with Crippen molar-refractivity contribution in [2.24, 2.45) is 0 Å². The molecule has 0 bridgehead atoms. The molecule has 1 aromatic rings. The van der Waals surface area contributed by atoms with Crippen molar-refractivity contribution in [3.63, 3.8) is 0 Å². The molecule has 1 aliphatic heterocycles. The lowest BCUT2D eigenvalue weighted by molar-refractivity contribution is -0.137. The van der Waals surface area contributed by atoms with Gasteiger partial charge in [0.25, 0.3) is 5.56 Å². The summed E-state index contributed by atoms with van der Waals surface area (Å²) in [6.07, 6.45) is 1.45. The quantitative estimate of drug-likeness (QED) is 0.636. The first-order chi connectivity index (χ1) is 13.0. The summed E-state index contributed by atoms with van der Waals surface area (Å²) < 4.78 is 6.70. The van der Waals surface area contributed by atoms with Crippen molar-refractivity contribution in [1.29, 1.82) is 0 Å². The highest BCUT2D eigenvalue weighted by Gasteiger charge is 2.34. The van der Waals surface area contributed by atoms with Crippen LogP contribution in [0.2, 0.25) is 0 Å². The van der Waals surface area contributed by atoms with Crippen LogP contribution in [0.25, 0.3) is 0 Å². The minimum Gasteiger partial charge on any atom is -0.481 e. The minimum absolute atomic E-state index is 0.0464. The molecule has 10 nitrogen and oxygen atoms in total. The van der Waals surface area contributed by atoms with E-state index in [0.717, 1.165) is 0 Å². The molecule has 0 aromatic carbocycles. The zero-order valence-electron chi connectivity index (χ0n) is 16.7. The molecule has 0 spiro atoms. The molecule has 10 heteroatoms. The molecule has 1 amide bonds. The van der Waals surface area contributed by atoms with Crippen molar-refractivity contribution < 1.29 is 19.4 Å². The minimum atomic E-state index is -0.917. The van der Waals surface area contributed by atoms with Crippen molar-refractivity contribution in [3.05, 3.63) is 32.6 Å². The second-order valence-electron chi connectivity index (χ2n) is 8.04. The van der Waals surface area contributed by atoms with Gasteiger partial charge in [-0.15, -0.1) is 0 Å². The van der Waals surface area contributed by atoms with E-state index < -0.39 is 28.9 Å². The Labute approximate surface area is 162 Å². The number of alkyl carbamates (subject to hydrolysis) is 1. The maximum absolute atomic E-state index is 12.2. The van der Waals surface area contributed by atoms with Gasteiger partial charge in [0, 0.05) is 37.4 Å². The first kappa shape index (κ1) is 21.7. The topological polar surface area (TPSA) is 134 Å². The van der Waals surface area contributed by atoms with Crippen LogP contribution in [0.3, 0.4) is 0 Å². The number of carboxylic acids is 1. The van der Waals surface area contributed by atoms with E-state index in [2.05, 4.69) is 10.3 Å². The number of ether oxygens (including phenoxy) is 1. The number of aryl methyl sites for hydroxylation is 1. The number of carbonyl (C=O) groups is 2. The number of rotatable bonds is 6. The van der Waals surface area contributed by atoms with Gasteiger partial charge in [0.2, 0.25) is 0 Å². The third kappa shape index (κ3) is 5.95. The number of carbonyl (C=O) groups excluding carboxylic acids is 1. The normalized spacial score (nSPS) is 20.1. The number of hydrogen-bond acceptors (Lipinski definition) is 6. The molecule has 2 rings (SSSR count). The number of nitrogens with one attached hydrogen (secondary N) is 2. The maximum Gasteiger partial charge on any atom is 0.407 e.